The van der Waals surface area contributed by atoms with Crippen molar-refractivity contribution < 1.29 is 14.6 Å². The average molecular weight is 416 g/mol. The maximum atomic E-state index is 10.7. The SMILES string of the molecule is CCNC(=NCC(O)c1ccc(OC)c(OC)c1)N1CCC(Cc2cnn(C)c2)C1. The molecule has 2 unspecified atom stereocenters. The molecule has 1 fully saturated rings. The van der Waals surface area contributed by atoms with E-state index >= 15 is 0 Å². The van der Waals surface area contributed by atoms with Crippen LogP contribution < -0.4 is 14.8 Å². The number of aromatic nitrogens is 2. The van der Waals surface area contributed by atoms with E-state index in [1.165, 1.54) is 5.56 Å². The lowest BCUT2D eigenvalue weighted by molar-refractivity contribution is 0.186. The van der Waals surface area contributed by atoms with E-state index in [0.717, 1.165) is 44.0 Å². The first-order chi connectivity index (χ1) is 14.5. The average Bonchev–Trinajstić information content (AvgIpc) is 3.39. The number of benzene rings is 1. The summed E-state index contributed by atoms with van der Waals surface area (Å²) < 4.78 is 12.5. The van der Waals surface area contributed by atoms with Crippen LogP contribution in [0.4, 0.5) is 0 Å². The maximum Gasteiger partial charge on any atom is 0.194 e. The van der Waals surface area contributed by atoms with Gasteiger partial charge < -0.3 is 24.8 Å². The maximum absolute atomic E-state index is 10.7. The summed E-state index contributed by atoms with van der Waals surface area (Å²) in [5.41, 5.74) is 2.03. The number of rotatable bonds is 8. The number of nitrogens with zero attached hydrogens (tertiary/aromatic N) is 4. The minimum atomic E-state index is -0.716. The molecule has 1 aliphatic heterocycles. The molecule has 0 aliphatic carbocycles. The Labute approximate surface area is 178 Å². The van der Waals surface area contributed by atoms with Gasteiger partial charge in [-0.1, -0.05) is 6.07 Å². The number of nitrogens with one attached hydrogen (secondary N) is 1. The Balaban J connectivity index is 1.62. The van der Waals surface area contributed by atoms with Crippen LogP contribution in [0.15, 0.2) is 35.6 Å². The van der Waals surface area contributed by atoms with Crippen molar-refractivity contribution in [1.29, 1.82) is 0 Å². The molecule has 0 spiro atoms. The van der Waals surface area contributed by atoms with E-state index in [2.05, 4.69) is 28.4 Å². The van der Waals surface area contributed by atoms with E-state index in [-0.39, 0.29) is 6.54 Å². The molecule has 1 aromatic carbocycles. The molecular weight excluding hydrogens is 382 g/mol. The van der Waals surface area contributed by atoms with Gasteiger partial charge in [-0.05, 0) is 48.9 Å². The highest BCUT2D eigenvalue weighted by molar-refractivity contribution is 5.80. The lowest BCUT2D eigenvalue weighted by Gasteiger charge is -2.22. The first-order valence-electron chi connectivity index (χ1n) is 10.4. The van der Waals surface area contributed by atoms with E-state index in [1.807, 2.05) is 24.0 Å². The number of ether oxygens (including phenoxy) is 2. The molecule has 0 saturated carbocycles. The Kier molecular flexibility index (Phi) is 7.57. The van der Waals surface area contributed by atoms with Crippen LogP contribution in [0.2, 0.25) is 0 Å². The summed E-state index contributed by atoms with van der Waals surface area (Å²) in [6.45, 7) is 5.04. The normalized spacial score (nSPS) is 17.8. The van der Waals surface area contributed by atoms with Crippen molar-refractivity contribution in [2.24, 2.45) is 18.0 Å². The molecular formula is C22H33N5O3. The summed E-state index contributed by atoms with van der Waals surface area (Å²) in [6.07, 6.45) is 5.46. The van der Waals surface area contributed by atoms with Gasteiger partial charge in [-0.2, -0.15) is 5.10 Å². The second-order valence-corrected chi connectivity index (χ2v) is 7.65. The van der Waals surface area contributed by atoms with Crippen molar-refractivity contribution >= 4 is 5.96 Å². The number of aliphatic hydroxyl groups is 1. The molecule has 30 heavy (non-hydrogen) atoms. The summed E-state index contributed by atoms with van der Waals surface area (Å²) >= 11 is 0. The molecule has 2 N–H and O–H groups in total. The van der Waals surface area contributed by atoms with Gasteiger partial charge in [0.05, 0.1) is 33.1 Å². The van der Waals surface area contributed by atoms with Gasteiger partial charge in [-0.15, -0.1) is 0 Å². The van der Waals surface area contributed by atoms with Gasteiger partial charge in [0.15, 0.2) is 17.5 Å². The number of guanidine groups is 1. The molecule has 164 valence electrons. The summed E-state index contributed by atoms with van der Waals surface area (Å²) in [5.74, 6) is 2.67. The Hall–Kier alpha value is -2.74. The zero-order valence-electron chi connectivity index (χ0n) is 18.3. The van der Waals surface area contributed by atoms with Crippen LogP contribution in [-0.4, -0.2) is 66.1 Å². The minimum absolute atomic E-state index is 0.279. The molecule has 8 nitrogen and oxygen atoms in total. The van der Waals surface area contributed by atoms with Crippen LogP contribution in [0.1, 0.15) is 30.6 Å². The summed E-state index contributed by atoms with van der Waals surface area (Å²) in [7, 11) is 5.13. The molecule has 2 atom stereocenters. The molecule has 3 rings (SSSR count). The number of aliphatic imine (C=N–C) groups is 1. The first kappa shape index (κ1) is 22.0. The van der Waals surface area contributed by atoms with Crippen molar-refractivity contribution in [2.45, 2.75) is 25.9 Å². The number of hydrogen-bond acceptors (Lipinski definition) is 5. The third kappa shape index (κ3) is 5.44. The quantitative estimate of drug-likeness (QED) is 0.507. The van der Waals surface area contributed by atoms with Gasteiger partial charge in [0.1, 0.15) is 0 Å². The van der Waals surface area contributed by atoms with Crippen molar-refractivity contribution in [3.63, 3.8) is 0 Å². The predicted octanol–water partition coefficient (Wildman–Crippen LogP) is 2.00. The Morgan fingerprint density at radius 1 is 1.33 bits per heavy atom. The number of aryl methyl sites for hydroxylation is 1. The van der Waals surface area contributed by atoms with Crippen LogP contribution in [-0.2, 0) is 13.5 Å². The van der Waals surface area contributed by atoms with Crippen molar-refractivity contribution in [1.82, 2.24) is 20.0 Å². The van der Waals surface area contributed by atoms with E-state index in [4.69, 9.17) is 14.5 Å². The fourth-order valence-electron chi connectivity index (χ4n) is 3.87. The zero-order chi connectivity index (χ0) is 21.5. The second-order valence-electron chi connectivity index (χ2n) is 7.65. The van der Waals surface area contributed by atoms with E-state index in [0.29, 0.717) is 17.4 Å². The molecule has 1 saturated heterocycles. The lowest BCUT2D eigenvalue weighted by Crippen LogP contribution is -2.40. The summed E-state index contributed by atoms with van der Waals surface area (Å²) in [5, 5.41) is 18.3. The lowest BCUT2D eigenvalue weighted by atomic mass is 10.0. The van der Waals surface area contributed by atoms with Crippen LogP contribution in [0.3, 0.4) is 0 Å². The summed E-state index contributed by atoms with van der Waals surface area (Å²) in [6, 6.07) is 5.44. The van der Waals surface area contributed by atoms with Gasteiger partial charge in [-0.3, -0.25) is 9.67 Å². The Morgan fingerprint density at radius 3 is 2.80 bits per heavy atom. The van der Waals surface area contributed by atoms with Gasteiger partial charge in [-0.25, -0.2) is 0 Å². The Bertz CT molecular complexity index is 851. The molecule has 8 heteroatoms. The molecule has 2 aromatic rings. The fourth-order valence-corrected chi connectivity index (χ4v) is 3.87. The number of methoxy groups -OCH3 is 2. The van der Waals surface area contributed by atoms with Crippen molar-refractivity contribution in [3.05, 3.63) is 41.7 Å². The smallest absolute Gasteiger partial charge is 0.194 e. The van der Waals surface area contributed by atoms with Crippen molar-refractivity contribution in [3.8, 4) is 11.5 Å². The summed E-state index contributed by atoms with van der Waals surface area (Å²) in [4.78, 5) is 6.99. The monoisotopic (exact) mass is 415 g/mol. The number of likely N-dealkylation sites (tertiary alicyclic amines) is 1. The minimum Gasteiger partial charge on any atom is -0.493 e. The zero-order valence-corrected chi connectivity index (χ0v) is 18.3. The van der Waals surface area contributed by atoms with E-state index < -0.39 is 6.10 Å². The number of hydrogen-bond donors (Lipinski definition) is 2. The fraction of sp³-hybridized carbons (Fsp3) is 0.545. The van der Waals surface area contributed by atoms with Crippen LogP contribution in [0, 0.1) is 5.92 Å². The van der Waals surface area contributed by atoms with Gasteiger partial charge in [0.25, 0.3) is 0 Å². The molecule has 2 heterocycles. The highest BCUT2D eigenvalue weighted by Crippen LogP contribution is 2.30. The molecule has 0 bridgehead atoms. The van der Waals surface area contributed by atoms with Gasteiger partial charge in [0.2, 0.25) is 0 Å². The van der Waals surface area contributed by atoms with Gasteiger partial charge >= 0.3 is 0 Å². The van der Waals surface area contributed by atoms with Gasteiger partial charge in [0, 0.05) is 32.9 Å². The molecule has 0 amide bonds. The predicted molar refractivity (Wildman–Crippen MR) is 117 cm³/mol. The molecule has 1 aromatic heterocycles. The Morgan fingerprint density at radius 2 is 2.13 bits per heavy atom. The first-order valence-corrected chi connectivity index (χ1v) is 10.4. The molecule has 1 aliphatic rings. The van der Waals surface area contributed by atoms with E-state index in [9.17, 15) is 5.11 Å². The van der Waals surface area contributed by atoms with Crippen molar-refractivity contribution in [2.75, 3.05) is 40.4 Å². The standard InChI is InChI=1S/C22H33N5O3/c1-5-23-22(27-9-8-16(15-27)10-17-12-25-26(2)14-17)24-13-19(28)18-6-7-20(29-3)21(11-18)30-4/h6-7,11-12,14,16,19,28H,5,8-10,13,15H2,1-4H3,(H,23,24). The van der Waals surface area contributed by atoms with Crippen LogP contribution in [0.5, 0.6) is 11.5 Å². The van der Waals surface area contributed by atoms with Crippen LogP contribution in [0.25, 0.3) is 0 Å². The highest BCUT2D eigenvalue weighted by atomic mass is 16.5. The third-order valence-electron chi connectivity index (χ3n) is 5.41. The van der Waals surface area contributed by atoms with E-state index in [1.54, 1.807) is 26.4 Å². The third-order valence-corrected chi connectivity index (χ3v) is 5.41. The topological polar surface area (TPSA) is 84.1 Å². The largest absolute Gasteiger partial charge is 0.493 e. The van der Waals surface area contributed by atoms with Crippen LogP contribution >= 0.6 is 0 Å². The second kappa shape index (κ2) is 10.3. The highest BCUT2D eigenvalue weighted by Gasteiger charge is 2.25. The molecule has 0 radical (unpaired) electrons. The number of aliphatic hydroxyl groups excluding tert-OH is 1.